The zero-order valence-electron chi connectivity index (χ0n) is 9.74. The first-order valence-corrected chi connectivity index (χ1v) is 6.12. The number of carbonyl (C=O) groups excluding carboxylic acids is 1. The molecule has 0 bridgehead atoms. The molecule has 2 rings (SSSR count). The van der Waals surface area contributed by atoms with E-state index in [1.54, 1.807) is 12.3 Å². The van der Waals surface area contributed by atoms with Gasteiger partial charge in [-0.1, -0.05) is 6.07 Å². The van der Waals surface area contributed by atoms with E-state index in [0.717, 1.165) is 10.0 Å². The maximum Gasteiger partial charge on any atom is 0.263 e. The van der Waals surface area contributed by atoms with Crippen molar-refractivity contribution >= 4 is 27.7 Å². The third kappa shape index (κ3) is 3.33. The number of halogens is 1. The lowest BCUT2D eigenvalue weighted by Crippen LogP contribution is -2.20. The van der Waals surface area contributed by atoms with E-state index >= 15 is 0 Å². The summed E-state index contributed by atoms with van der Waals surface area (Å²) in [7, 11) is 0. The summed E-state index contributed by atoms with van der Waals surface area (Å²) in [6, 6.07) is 7.34. The van der Waals surface area contributed by atoms with Crippen LogP contribution in [0.15, 0.2) is 34.9 Å². The van der Waals surface area contributed by atoms with Gasteiger partial charge < -0.3 is 10.1 Å². The van der Waals surface area contributed by atoms with Gasteiger partial charge in [0.15, 0.2) is 6.61 Å². The minimum absolute atomic E-state index is 0.0549. The van der Waals surface area contributed by atoms with Gasteiger partial charge in [-0.25, -0.2) is 0 Å². The van der Waals surface area contributed by atoms with Gasteiger partial charge in [0, 0.05) is 6.07 Å². The van der Waals surface area contributed by atoms with Crippen molar-refractivity contribution in [2.24, 2.45) is 0 Å². The average molecular weight is 310 g/mol. The Balaban J connectivity index is 1.89. The summed E-state index contributed by atoms with van der Waals surface area (Å²) in [5.41, 5.74) is 1.12. The first kappa shape index (κ1) is 12.6. The summed E-state index contributed by atoms with van der Waals surface area (Å²) in [4.78, 5) is 11.6. The highest BCUT2D eigenvalue weighted by molar-refractivity contribution is 9.10. The van der Waals surface area contributed by atoms with Gasteiger partial charge in [-0.05, 0) is 40.5 Å². The van der Waals surface area contributed by atoms with Crippen LogP contribution >= 0.6 is 15.9 Å². The van der Waals surface area contributed by atoms with Crippen molar-refractivity contribution in [3.05, 3.63) is 40.5 Å². The second-order valence-electron chi connectivity index (χ2n) is 3.74. The number of nitrogens with zero attached hydrogens (tertiary/aromatic N) is 1. The molecule has 0 fully saturated rings. The van der Waals surface area contributed by atoms with E-state index in [1.807, 2.05) is 25.1 Å². The van der Waals surface area contributed by atoms with Crippen molar-refractivity contribution < 1.29 is 9.53 Å². The molecule has 5 nitrogen and oxygen atoms in total. The highest BCUT2D eigenvalue weighted by Crippen LogP contribution is 2.25. The number of hydrogen-bond acceptors (Lipinski definition) is 3. The number of rotatable bonds is 4. The molecule has 1 aromatic heterocycles. The third-order valence-electron chi connectivity index (χ3n) is 2.22. The molecule has 0 saturated carbocycles. The summed E-state index contributed by atoms with van der Waals surface area (Å²) < 4.78 is 6.24. The monoisotopic (exact) mass is 309 g/mol. The van der Waals surface area contributed by atoms with Gasteiger partial charge in [0.2, 0.25) is 0 Å². The maximum absolute atomic E-state index is 11.6. The van der Waals surface area contributed by atoms with Crippen LogP contribution in [-0.2, 0) is 4.79 Å². The lowest BCUT2D eigenvalue weighted by molar-refractivity contribution is -0.118. The summed E-state index contributed by atoms with van der Waals surface area (Å²) in [6.45, 7) is 1.93. The predicted octanol–water partition coefficient (Wildman–Crippen LogP) is 2.50. The van der Waals surface area contributed by atoms with Crippen molar-refractivity contribution in [2.45, 2.75) is 6.92 Å². The SMILES string of the molecule is Cc1ccc(OCC(=O)Nc2ccn[nH]2)c(Br)c1. The molecule has 6 heteroatoms. The fourth-order valence-corrected chi connectivity index (χ4v) is 1.99. The normalized spacial score (nSPS) is 10.1. The third-order valence-corrected chi connectivity index (χ3v) is 2.84. The van der Waals surface area contributed by atoms with Gasteiger partial charge in [-0.3, -0.25) is 9.89 Å². The molecule has 0 saturated heterocycles. The molecule has 0 aliphatic carbocycles. The van der Waals surface area contributed by atoms with Crippen LogP contribution in [0.5, 0.6) is 5.75 Å². The lowest BCUT2D eigenvalue weighted by Gasteiger charge is -2.08. The van der Waals surface area contributed by atoms with Gasteiger partial charge in [0.1, 0.15) is 11.6 Å². The van der Waals surface area contributed by atoms with Crippen LogP contribution in [-0.4, -0.2) is 22.7 Å². The predicted molar refractivity (Wildman–Crippen MR) is 71.6 cm³/mol. The number of aryl methyl sites for hydroxylation is 1. The molecule has 94 valence electrons. The number of ether oxygens (including phenoxy) is 1. The molecule has 0 atom stereocenters. The number of benzene rings is 1. The number of carbonyl (C=O) groups is 1. The van der Waals surface area contributed by atoms with Crippen LogP contribution in [0.2, 0.25) is 0 Å². The second-order valence-corrected chi connectivity index (χ2v) is 4.60. The fraction of sp³-hybridized carbons (Fsp3) is 0.167. The van der Waals surface area contributed by atoms with Crippen LogP contribution in [0.1, 0.15) is 5.56 Å². The smallest absolute Gasteiger partial charge is 0.263 e. The molecule has 2 aromatic rings. The Hall–Kier alpha value is -1.82. The Bertz CT molecular complexity index is 540. The van der Waals surface area contributed by atoms with Crippen LogP contribution in [0.4, 0.5) is 5.82 Å². The lowest BCUT2D eigenvalue weighted by atomic mass is 10.2. The number of anilines is 1. The molecule has 1 amide bonds. The Labute approximate surface area is 113 Å². The summed E-state index contributed by atoms with van der Waals surface area (Å²) >= 11 is 3.38. The Morgan fingerprint density at radius 2 is 2.33 bits per heavy atom. The van der Waals surface area contributed by atoms with Crippen molar-refractivity contribution in [1.82, 2.24) is 10.2 Å². The van der Waals surface area contributed by atoms with Crippen LogP contribution in [0.3, 0.4) is 0 Å². The molecule has 18 heavy (non-hydrogen) atoms. The standard InChI is InChI=1S/C12H12BrN3O2/c1-8-2-3-10(9(13)6-8)18-7-12(17)15-11-4-5-14-16-11/h2-6H,7H2,1H3,(H2,14,15,16,17). The van der Waals surface area contributed by atoms with Crippen molar-refractivity contribution in [2.75, 3.05) is 11.9 Å². The number of hydrogen-bond donors (Lipinski definition) is 2. The fourth-order valence-electron chi connectivity index (χ4n) is 1.38. The zero-order valence-corrected chi connectivity index (χ0v) is 11.3. The van der Waals surface area contributed by atoms with E-state index in [-0.39, 0.29) is 12.5 Å². The molecule has 1 heterocycles. The molecule has 0 aliphatic rings. The van der Waals surface area contributed by atoms with E-state index < -0.39 is 0 Å². The first-order chi connectivity index (χ1) is 8.65. The molecule has 0 spiro atoms. The van der Waals surface area contributed by atoms with Crippen molar-refractivity contribution in [3.63, 3.8) is 0 Å². The quantitative estimate of drug-likeness (QED) is 0.912. The van der Waals surface area contributed by atoms with Crippen molar-refractivity contribution in [3.8, 4) is 5.75 Å². The van der Waals surface area contributed by atoms with E-state index in [2.05, 4.69) is 31.4 Å². The maximum atomic E-state index is 11.6. The van der Waals surface area contributed by atoms with E-state index in [0.29, 0.717) is 11.6 Å². The highest BCUT2D eigenvalue weighted by Gasteiger charge is 2.06. The van der Waals surface area contributed by atoms with E-state index in [1.165, 1.54) is 0 Å². The Morgan fingerprint density at radius 1 is 1.50 bits per heavy atom. The van der Waals surface area contributed by atoms with E-state index in [9.17, 15) is 4.79 Å². The number of amides is 1. The molecule has 0 unspecified atom stereocenters. The van der Waals surface area contributed by atoms with Crippen molar-refractivity contribution in [1.29, 1.82) is 0 Å². The van der Waals surface area contributed by atoms with Crippen LogP contribution < -0.4 is 10.1 Å². The molecule has 1 aromatic carbocycles. The number of H-pyrrole nitrogens is 1. The van der Waals surface area contributed by atoms with Gasteiger partial charge in [0.05, 0.1) is 10.7 Å². The topological polar surface area (TPSA) is 67.0 Å². The van der Waals surface area contributed by atoms with Gasteiger partial charge in [-0.15, -0.1) is 0 Å². The minimum Gasteiger partial charge on any atom is -0.483 e. The molecule has 0 radical (unpaired) electrons. The number of nitrogens with one attached hydrogen (secondary N) is 2. The zero-order chi connectivity index (χ0) is 13.0. The van der Waals surface area contributed by atoms with Crippen LogP contribution in [0, 0.1) is 6.92 Å². The summed E-state index contributed by atoms with van der Waals surface area (Å²) in [6.07, 6.45) is 1.56. The number of aromatic amines is 1. The van der Waals surface area contributed by atoms with Crippen LogP contribution in [0.25, 0.3) is 0 Å². The summed E-state index contributed by atoms with van der Waals surface area (Å²) in [5.74, 6) is 0.943. The molecular weight excluding hydrogens is 298 g/mol. The molecular formula is C12H12BrN3O2. The first-order valence-electron chi connectivity index (χ1n) is 5.33. The van der Waals surface area contributed by atoms with E-state index in [4.69, 9.17) is 4.74 Å². The minimum atomic E-state index is -0.244. The Morgan fingerprint density at radius 3 is 3.00 bits per heavy atom. The number of aromatic nitrogens is 2. The second kappa shape index (κ2) is 5.68. The molecule has 2 N–H and O–H groups in total. The highest BCUT2D eigenvalue weighted by atomic mass is 79.9. The van der Waals surface area contributed by atoms with Gasteiger partial charge >= 0.3 is 0 Å². The van der Waals surface area contributed by atoms with Gasteiger partial charge in [0.25, 0.3) is 5.91 Å². The average Bonchev–Trinajstić information content (AvgIpc) is 2.80. The molecule has 0 aliphatic heterocycles. The Kier molecular flexibility index (Phi) is 3.99. The largest absolute Gasteiger partial charge is 0.483 e. The summed E-state index contributed by atoms with van der Waals surface area (Å²) in [5, 5.41) is 8.99. The van der Waals surface area contributed by atoms with Gasteiger partial charge in [-0.2, -0.15) is 5.10 Å².